The van der Waals surface area contributed by atoms with Crippen molar-refractivity contribution in [3.05, 3.63) is 33.7 Å². The summed E-state index contributed by atoms with van der Waals surface area (Å²) >= 11 is 7.85. The van der Waals surface area contributed by atoms with E-state index < -0.39 is 0 Å². The number of benzene rings is 1. The van der Waals surface area contributed by atoms with Crippen molar-refractivity contribution in [2.75, 3.05) is 38.3 Å². The van der Waals surface area contributed by atoms with Gasteiger partial charge < -0.3 is 20.1 Å². The molecule has 27 heavy (non-hydrogen) atoms. The van der Waals surface area contributed by atoms with Gasteiger partial charge >= 0.3 is 0 Å². The molecule has 7 nitrogen and oxygen atoms in total. The number of nitriles is 1. The van der Waals surface area contributed by atoms with Gasteiger partial charge in [-0.3, -0.25) is 5.41 Å². The zero-order valence-corrected chi connectivity index (χ0v) is 16.2. The quantitative estimate of drug-likeness (QED) is 0.589. The lowest BCUT2D eigenvalue weighted by molar-refractivity contribution is 0.123. The van der Waals surface area contributed by atoms with Crippen LogP contribution in [0.3, 0.4) is 0 Å². The maximum Gasteiger partial charge on any atom is 0.143 e. The second kappa shape index (κ2) is 8.39. The highest BCUT2D eigenvalue weighted by molar-refractivity contribution is 7.19. The largest absolute Gasteiger partial charge is 0.497 e. The highest BCUT2D eigenvalue weighted by Gasteiger charge is 2.27. The Balaban J connectivity index is 2.24. The van der Waals surface area contributed by atoms with Crippen LogP contribution in [0.5, 0.6) is 5.75 Å². The van der Waals surface area contributed by atoms with Crippen molar-refractivity contribution < 1.29 is 9.47 Å². The van der Waals surface area contributed by atoms with E-state index in [4.69, 9.17) is 32.2 Å². The molecule has 0 aliphatic carbocycles. The summed E-state index contributed by atoms with van der Waals surface area (Å²) in [6, 6.07) is 7.58. The number of aliphatic imine (C=N–C) groups is 1. The maximum atomic E-state index is 9.91. The number of ether oxygens (including phenoxy) is 2. The number of nitrogens with two attached hydrogens (primary N) is 1. The molecular formula is C18H18ClN5O2S. The molecule has 1 saturated heterocycles. The third-order valence-electron chi connectivity index (χ3n) is 4.18. The second-order valence-corrected chi connectivity index (χ2v) is 7.09. The molecule has 0 radical (unpaired) electrons. The number of amidine groups is 1. The second-order valence-electron chi connectivity index (χ2n) is 5.69. The summed E-state index contributed by atoms with van der Waals surface area (Å²) < 4.78 is 10.6. The van der Waals surface area contributed by atoms with Crippen molar-refractivity contribution >= 4 is 40.1 Å². The van der Waals surface area contributed by atoms with Crippen LogP contribution >= 0.6 is 22.9 Å². The monoisotopic (exact) mass is 403 g/mol. The number of thiophene rings is 1. The smallest absolute Gasteiger partial charge is 0.143 e. The lowest BCUT2D eigenvalue weighted by Gasteiger charge is -2.27. The molecule has 0 amide bonds. The molecule has 9 heteroatoms. The number of methoxy groups -OCH3 is 1. The summed E-state index contributed by atoms with van der Waals surface area (Å²) in [6.45, 7) is 2.57. The first-order valence-electron chi connectivity index (χ1n) is 8.16. The summed E-state index contributed by atoms with van der Waals surface area (Å²) in [4.78, 5) is 6.62. The molecule has 0 spiro atoms. The third kappa shape index (κ3) is 3.76. The Hall–Kier alpha value is -2.60. The maximum absolute atomic E-state index is 9.91. The Bertz CT molecular complexity index is 929. The number of nitrogens with one attached hydrogen (secondary N) is 1. The topological polar surface area (TPSA) is 108 Å². The van der Waals surface area contributed by atoms with E-state index in [1.807, 2.05) is 0 Å². The van der Waals surface area contributed by atoms with Gasteiger partial charge in [-0.05, 0) is 18.2 Å². The Morgan fingerprint density at radius 3 is 2.81 bits per heavy atom. The number of hydrogen-bond donors (Lipinski definition) is 2. The summed E-state index contributed by atoms with van der Waals surface area (Å²) in [5.74, 6) is 0.793. The van der Waals surface area contributed by atoms with E-state index in [2.05, 4.69) is 16.0 Å². The molecule has 1 fully saturated rings. The highest BCUT2D eigenvalue weighted by atomic mass is 35.5. The van der Waals surface area contributed by atoms with Gasteiger partial charge in [0.25, 0.3) is 0 Å². The van der Waals surface area contributed by atoms with Crippen molar-refractivity contribution in [1.82, 2.24) is 0 Å². The zero-order valence-electron chi connectivity index (χ0n) is 14.7. The van der Waals surface area contributed by atoms with Crippen LogP contribution < -0.4 is 15.4 Å². The first-order valence-corrected chi connectivity index (χ1v) is 9.36. The molecule has 140 valence electrons. The minimum absolute atomic E-state index is 0.174. The van der Waals surface area contributed by atoms with E-state index in [0.29, 0.717) is 58.6 Å². The number of morpholine rings is 1. The number of anilines is 1. The SMILES string of the molecule is COc1ccc(-c2c(C(N)=NC=N)sc(N3CCOCC3)c2C#N)c(Cl)c1. The predicted molar refractivity (Wildman–Crippen MR) is 109 cm³/mol. The zero-order chi connectivity index (χ0) is 19.4. The molecule has 1 aromatic heterocycles. The number of rotatable bonds is 5. The van der Waals surface area contributed by atoms with Gasteiger partial charge in [-0.1, -0.05) is 11.6 Å². The van der Waals surface area contributed by atoms with Gasteiger partial charge in [0, 0.05) is 24.2 Å². The van der Waals surface area contributed by atoms with Gasteiger partial charge in [0.15, 0.2) is 0 Å². The fraction of sp³-hybridized carbons (Fsp3) is 0.278. The number of hydrogen-bond acceptors (Lipinski definition) is 6. The Kier molecular flexibility index (Phi) is 5.96. The predicted octanol–water partition coefficient (Wildman–Crippen LogP) is 3.10. The molecule has 1 aliphatic heterocycles. The molecule has 0 bridgehead atoms. The molecular weight excluding hydrogens is 386 g/mol. The van der Waals surface area contributed by atoms with Crippen LogP contribution in [-0.4, -0.2) is 45.6 Å². The van der Waals surface area contributed by atoms with Gasteiger partial charge in [0.2, 0.25) is 0 Å². The van der Waals surface area contributed by atoms with Crippen molar-refractivity contribution in [2.45, 2.75) is 0 Å². The summed E-state index contributed by atoms with van der Waals surface area (Å²) in [5, 5.41) is 18.4. The summed E-state index contributed by atoms with van der Waals surface area (Å²) in [6.07, 6.45) is 0.884. The van der Waals surface area contributed by atoms with E-state index in [0.717, 1.165) is 11.3 Å². The van der Waals surface area contributed by atoms with Crippen molar-refractivity contribution in [1.29, 1.82) is 10.7 Å². The van der Waals surface area contributed by atoms with Crippen molar-refractivity contribution in [3.63, 3.8) is 0 Å². The van der Waals surface area contributed by atoms with Crippen LogP contribution in [0.1, 0.15) is 10.4 Å². The van der Waals surface area contributed by atoms with Gasteiger partial charge in [0.1, 0.15) is 29.0 Å². The Morgan fingerprint density at radius 1 is 1.48 bits per heavy atom. The third-order valence-corrected chi connectivity index (χ3v) is 5.77. The molecule has 0 saturated carbocycles. The first kappa shape index (κ1) is 19.2. The molecule has 3 rings (SSSR count). The molecule has 1 aliphatic rings. The Morgan fingerprint density at radius 2 is 2.22 bits per heavy atom. The molecule has 2 heterocycles. The van der Waals surface area contributed by atoms with Crippen LogP contribution in [0.4, 0.5) is 5.00 Å². The summed E-state index contributed by atoms with van der Waals surface area (Å²) in [5.41, 5.74) is 7.89. The van der Waals surface area contributed by atoms with Crippen LogP contribution in [0.2, 0.25) is 5.02 Å². The van der Waals surface area contributed by atoms with Crippen LogP contribution in [-0.2, 0) is 4.74 Å². The van der Waals surface area contributed by atoms with E-state index in [1.54, 1.807) is 25.3 Å². The van der Waals surface area contributed by atoms with Crippen molar-refractivity contribution in [3.8, 4) is 22.9 Å². The Labute approximate surface area is 166 Å². The minimum Gasteiger partial charge on any atom is -0.497 e. The first-order chi connectivity index (χ1) is 13.1. The van der Waals surface area contributed by atoms with E-state index in [9.17, 15) is 5.26 Å². The number of halogens is 1. The lowest BCUT2D eigenvalue weighted by atomic mass is 10.0. The molecule has 1 aromatic carbocycles. The van der Waals surface area contributed by atoms with Crippen molar-refractivity contribution in [2.24, 2.45) is 10.7 Å². The molecule has 3 N–H and O–H groups in total. The van der Waals surface area contributed by atoms with Gasteiger partial charge in [-0.25, -0.2) is 4.99 Å². The minimum atomic E-state index is 0.174. The fourth-order valence-electron chi connectivity index (χ4n) is 2.90. The van der Waals surface area contributed by atoms with Gasteiger partial charge in [-0.15, -0.1) is 11.3 Å². The van der Waals surface area contributed by atoms with Crippen LogP contribution in [0, 0.1) is 16.7 Å². The average Bonchev–Trinajstić information content (AvgIpc) is 3.08. The lowest BCUT2D eigenvalue weighted by Crippen LogP contribution is -2.36. The average molecular weight is 404 g/mol. The number of nitrogens with zero attached hydrogens (tertiary/aromatic N) is 3. The summed E-state index contributed by atoms with van der Waals surface area (Å²) in [7, 11) is 1.56. The molecule has 2 aromatic rings. The van der Waals surface area contributed by atoms with E-state index in [-0.39, 0.29) is 5.84 Å². The normalized spacial score (nSPS) is 14.7. The van der Waals surface area contributed by atoms with Crippen LogP contribution in [0.25, 0.3) is 11.1 Å². The molecule has 0 atom stereocenters. The van der Waals surface area contributed by atoms with Gasteiger partial charge in [-0.2, -0.15) is 5.26 Å². The van der Waals surface area contributed by atoms with Crippen LogP contribution in [0.15, 0.2) is 23.2 Å². The highest BCUT2D eigenvalue weighted by Crippen LogP contribution is 2.44. The fourth-order valence-corrected chi connectivity index (χ4v) is 4.39. The molecule has 0 unspecified atom stereocenters. The van der Waals surface area contributed by atoms with E-state index in [1.165, 1.54) is 11.3 Å². The standard InChI is InChI=1S/C18H18ClN5O2S/c1-25-11-2-3-12(14(19)8-11)15-13(9-20)18(24-4-6-26-7-5-24)27-16(15)17(22)23-10-21/h2-3,8,10H,4-7H2,1H3,(H3,21,22,23). The van der Waals surface area contributed by atoms with E-state index >= 15 is 0 Å². The van der Waals surface area contributed by atoms with Gasteiger partial charge in [0.05, 0.1) is 35.8 Å².